The smallest absolute Gasteiger partial charge is 0.226 e. The van der Waals surface area contributed by atoms with E-state index in [1.54, 1.807) is 6.26 Å². The third-order valence-corrected chi connectivity index (χ3v) is 4.64. The van der Waals surface area contributed by atoms with Crippen molar-refractivity contribution in [1.29, 1.82) is 5.26 Å². The van der Waals surface area contributed by atoms with E-state index in [-0.39, 0.29) is 0 Å². The number of rotatable bonds is 4. The minimum atomic E-state index is 0.611. The maximum Gasteiger partial charge on any atom is 0.226 e. The number of thioether (sulfide) groups is 1. The molecular weight excluding hydrogens is 318 g/mol. The minimum absolute atomic E-state index is 0.611. The molecule has 0 saturated heterocycles. The first kappa shape index (κ1) is 16.3. The van der Waals surface area contributed by atoms with E-state index < -0.39 is 0 Å². The molecule has 0 aliphatic carbocycles. The van der Waals surface area contributed by atoms with Gasteiger partial charge in [0.2, 0.25) is 5.89 Å². The fourth-order valence-corrected chi connectivity index (χ4v) is 3.36. The van der Waals surface area contributed by atoms with Crippen LogP contribution in [0.3, 0.4) is 0 Å². The number of benzene rings is 1. The Morgan fingerprint density at radius 3 is 2.58 bits per heavy atom. The summed E-state index contributed by atoms with van der Waals surface area (Å²) >= 11 is 1.51. The van der Waals surface area contributed by atoms with Crippen LogP contribution in [0.5, 0.6) is 0 Å². The molecule has 0 unspecified atom stereocenters. The molecule has 0 atom stereocenters. The van der Waals surface area contributed by atoms with E-state index in [1.165, 1.54) is 17.3 Å². The highest BCUT2D eigenvalue weighted by Gasteiger charge is 2.12. The van der Waals surface area contributed by atoms with E-state index >= 15 is 0 Å². The van der Waals surface area contributed by atoms with Crippen LogP contribution in [0.2, 0.25) is 0 Å². The molecule has 0 radical (unpaired) electrons. The van der Waals surface area contributed by atoms with Crippen molar-refractivity contribution >= 4 is 11.8 Å². The number of aromatic nitrogens is 2. The molecule has 2 heterocycles. The van der Waals surface area contributed by atoms with Gasteiger partial charge in [-0.25, -0.2) is 9.97 Å². The molecule has 0 fully saturated rings. The lowest BCUT2D eigenvalue weighted by atomic mass is 10.1. The Hall–Kier alpha value is -2.58. The highest BCUT2D eigenvalue weighted by Crippen LogP contribution is 2.28. The zero-order chi connectivity index (χ0) is 17.1. The van der Waals surface area contributed by atoms with Gasteiger partial charge in [-0.2, -0.15) is 5.26 Å². The van der Waals surface area contributed by atoms with Crippen molar-refractivity contribution in [2.45, 2.75) is 31.6 Å². The first-order chi connectivity index (χ1) is 11.6. The van der Waals surface area contributed by atoms with Crippen LogP contribution < -0.4 is 0 Å². The van der Waals surface area contributed by atoms with Gasteiger partial charge < -0.3 is 4.42 Å². The summed E-state index contributed by atoms with van der Waals surface area (Å²) in [4.78, 5) is 9.00. The summed E-state index contributed by atoms with van der Waals surface area (Å²) in [6.07, 6.45) is 1.66. The lowest BCUT2D eigenvalue weighted by molar-refractivity contribution is 0.573. The summed E-state index contributed by atoms with van der Waals surface area (Å²) in [5.41, 5.74) is 5.49. The van der Waals surface area contributed by atoms with E-state index in [0.717, 1.165) is 27.5 Å². The number of nitriles is 1. The molecule has 3 rings (SSSR count). The monoisotopic (exact) mass is 335 g/mol. The molecule has 0 spiro atoms. The van der Waals surface area contributed by atoms with Crippen molar-refractivity contribution in [3.8, 4) is 17.5 Å². The highest BCUT2D eigenvalue weighted by atomic mass is 32.2. The molecule has 3 aromatic rings. The van der Waals surface area contributed by atoms with Gasteiger partial charge in [-0.15, -0.1) is 0 Å². The van der Waals surface area contributed by atoms with Crippen molar-refractivity contribution < 1.29 is 4.42 Å². The fourth-order valence-electron chi connectivity index (χ4n) is 2.39. The Morgan fingerprint density at radius 1 is 1.12 bits per heavy atom. The normalized spacial score (nSPS) is 10.6. The van der Waals surface area contributed by atoms with Crippen LogP contribution >= 0.6 is 11.8 Å². The van der Waals surface area contributed by atoms with Gasteiger partial charge in [0.15, 0.2) is 0 Å². The van der Waals surface area contributed by atoms with Crippen LogP contribution in [0.25, 0.3) is 11.5 Å². The predicted octanol–water partition coefficient (Wildman–Crippen LogP) is 4.83. The molecule has 0 saturated carbocycles. The molecule has 24 heavy (non-hydrogen) atoms. The number of nitrogens with zero attached hydrogens (tertiary/aromatic N) is 3. The molecule has 0 bridgehead atoms. The van der Waals surface area contributed by atoms with Gasteiger partial charge in [0.25, 0.3) is 0 Å². The van der Waals surface area contributed by atoms with Crippen molar-refractivity contribution in [3.05, 3.63) is 64.7 Å². The average molecular weight is 335 g/mol. The Morgan fingerprint density at radius 2 is 1.88 bits per heavy atom. The summed E-state index contributed by atoms with van der Waals surface area (Å²) in [5, 5.41) is 10.1. The molecule has 0 aliphatic rings. The van der Waals surface area contributed by atoms with Gasteiger partial charge in [-0.1, -0.05) is 29.5 Å². The predicted molar refractivity (Wildman–Crippen MR) is 94.7 cm³/mol. The first-order valence-electron chi connectivity index (χ1n) is 7.59. The Balaban J connectivity index is 1.77. The van der Waals surface area contributed by atoms with Crippen LogP contribution in [-0.2, 0) is 5.75 Å². The van der Waals surface area contributed by atoms with Crippen LogP contribution in [0, 0.1) is 32.1 Å². The molecular formula is C19H17N3OS. The van der Waals surface area contributed by atoms with Crippen molar-refractivity contribution in [2.75, 3.05) is 0 Å². The maximum absolute atomic E-state index is 9.33. The van der Waals surface area contributed by atoms with Gasteiger partial charge in [0.05, 0.1) is 11.3 Å². The lowest BCUT2D eigenvalue weighted by Crippen LogP contribution is -1.94. The molecule has 0 N–H and O–H groups in total. The summed E-state index contributed by atoms with van der Waals surface area (Å²) < 4.78 is 5.57. The molecule has 120 valence electrons. The Kier molecular flexibility index (Phi) is 4.68. The van der Waals surface area contributed by atoms with E-state index in [0.29, 0.717) is 17.2 Å². The number of hydrogen-bond donors (Lipinski definition) is 0. The highest BCUT2D eigenvalue weighted by molar-refractivity contribution is 7.98. The van der Waals surface area contributed by atoms with Crippen LogP contribution in [0.15, 0.2) is 46.0 Å². The quantitative estimate of drug-likeness (QED) is 0.639. The van der Waals surface area contributed by atoms with E-state index in [1.807, 2.05) is 51.1 Å². The molecule has 0 amide bonds. The zero-order valence-electron chi connectivity index (χ0n) is 13.8. The van der Waals surface area contributed by atoms with E-state index in [2.05, 4.69) is 16.0 Å². The molecule has 0 aliphatic heterocycles. The number of hydrogen-bond acceptors (Lipinski definition) is 5. The number of oxazole rings is 1. The van der Waals surface area contributed by atoms with Crippen LogP contribution in [-0.4, -0.2) is 9.97 Å². The second-order valence-corrected chi connectivity index (χ2v) is 6.64. The third-order valence-electron chi connectivity index (χ3n) is 3.63. The average Bonchev–Trinajstić information content (AvgIpc) is 3.02. The van der Waals surface area contributed by atoms with Crippen molar-refractivity contribution in [2.24, 2.45) is 0 Å². The Bertz CT molecular complexity index is 907. The second kappa shape index (κ2) is 6.90. The third kappa shape index (κ3) is 3.50. The SMILES string of the molecule is Cc1ccc(-c2nc(CSc3nc(C)cc(C)c3C#N)co2)cc1. The lowest BCUT2D eigenvalue weighted by Gasteiger charge is -2.06. The summed E-state index contributed by atoms with van der Waals surface area (Å²) in [5.74, 6) is 1.22. The van der Waals surface area contributed by atoms with E-state index in [9.17, 15) is 5.26 Å². The summed E-state index contributed by atoms with van der Waals surface area (Å²) in [6.45, 7) is 5.91. The first-order valence-corrected chi connectivity index (χ1v) is 8.58. The summed E-state index contributed by atoms with van der Waals surface area (Å²) in [6, 6.07) is 12.2. The molecule has 2 aromatic heterocycles. The number of pyridine rings is 1. The second-order valence-electron chi connectivity index (χ2n) is 5.67. The number of aryl methyl sites for hydroxylation is 3. The van der Waals surface area contributed by atoms with Crippen LogP contribution in [0.4, 0.5) is 0 Å². The fraction of sp³-hybridized carbons (Fsp3) is 0.211. The van der Waals surface area contributed by atoms with Crippen molar-refractivity contribution in [3.63, 3.8) is 0 Å². The van der Waals surface area contributed by atoms with Gasteiger partial charge in [-0.05, 0) is 44.5 Å². The molecule has 4 nitrogen and oxygen atoms in total. The Labute approximate surface area is 145 Å². The van der Waals surface area contributed by atoms with E-state index in [4.69, 9.17) is 4.42 Å². The van der Waals surface area contributed by atoms with Crippen molar-refractivity contribution in [1.82, 2.24) is 9.97 Å². The van der Waals surface area contributed by atoms with Gasteiger partial charge in [0, 0.05) is 17.0 Å². The van der Waals surface area contributed by atoms with Gasteiger partial charge in [0.1, 0.15) is 17.4 Å². The van der Waals surface area contributed by atoms with Crippen LogP contribution in [0.1, 0.15) is 28.1 Å². The topological polar surface area (TPSA) is 62.7 Å². The summed E-state index contributed by atoms with van der Waals surface area (Å²) in [7, 11) is 0. The zero-order valence-corrected chi connectivity index (χ0v) is 14.6. The molecule has 5 heteroatoms. The molecule has 1 aromatic carbocycles. The van der Waals surface area contributed by atoms with Gasteiger partial charge >= 0.3 is 0 Å². The van der Waals surface area contributed by atoms with Gasteiger partial charge in [-0.3, -0.25) is 0 Å². The largest absolute Gasteiger partial charge is 0.444 e. The maximum atomic E-state index is 9.33. The standard InChI is InChI=1S/C19H17N3OS/c1-12-4-6-15(7-5-12)18-22-16(10-23-18)11-24-19-17(9-20)13(2)8-14(3)21-19/h4-8,10H,11H2,1-3H3. The minimum Gasteiger partial charge on any atom is -0.444 e.